The van der Waals surface area contributed by atoms with Crippen molar-refractivity contribution in [1.29, 1.82) is 0 Å². The standard InChI is InChI=1S/C21H21N3O4/c1-13-4-9-18(27-3)17(10-13)24-12-15(11-19(24)25)20-22-21(28-23-20)14-5-7-16(26-2)8-6-14/h4-10,15H,11-12H2,1-3H3. The average Bonchev–Trinajstić information content (AvgIpc) is 3.35. The molecule has 2 aromatic carbocycles. The van der Waals surface area contributed by atoms with Crippen LogP contribution in [0.1, 0.15) is 23.7 Å². The van der Waals surface area contributed by atoms with Crippen molar-refractivity contribution < 1.29 is 18.8 Å². The van der Waals surface area contributed by atoms with Gasteiger partial charge in [-0.15, -0.1) is 0 Å². The molecule has 3 aromatic rings. The number of carbonyl (C=O) groups excluding carboxylic acids is 1. The van der Waals surface area contributed by atoms with Crippen molar-refractivity contribution in [2.75, 3.05) is 25.7 Å². The number of rotatable bonds is 5. The second-order valence-corrected chi connectivity index (χ2v) is 6.77. The Bertz CT molecular complexity index is 997. The SMILES string of the molecule is COc1ccc(-c2nc(C3CC(=O)N(c4cc(C)ccc4OC)C3)no2)cc1. The molecule has 0 aliphatic carbocycles. The maximum Gasteiger partial charge on any atom is 0.257 e. The fourth-order valence-electron chi connectivity index (χ4n) is 3.38. The van der Waals surface area contributed by atoms with Crippen LogP contribution in [0.25, 0.3) is 11.5 Å². The molecule has 0 spiro atoms. The Morgan fingerprint density at radius 3 is 2.61 bits per heavy atom. The van der Waals surface area contributed by atoms with Gasteiger partial charge in [-0.05, 0) is 48.9 Å². The second-order valence-electron chi connectivity index (χ2n) is 6.77. The van der Waals surface area contributed by atoms with Crippen molar-refractivity contribution in [3.05, 3.63) is 53.9 Å². The molecule has 1 amide bonds. The van der Waals surface area contributed by atoms with E-state index in [1.165, 1.54) is 0 Å². The monoisotopic (exact) mass is 379 g/mol. The van der Waals surface area contributed by atoms with E-state index < -0.39 is 0 Å². The molecule has 0 saturated carbocycles. The number of ether oxygens (including phenoxy) is 2. The lowest BCUT2D eigenvalue weighted by atomic mass is 10.1. The Balaban J connectivity index is 1.56. The first kappa shape index (κ1) is 18.0. The third-order valence-electron chi connectivity index (χ3n) is 4.89. The Labute approximate surface area is 162 Å². The quantitative estimate of drug-likeness (QED) is 0.674. The molecular formula is C21H21N3O4. The van der Waals surface area contributed by atoms with Crippen molar-refractivity contribution in [3.8, 4) is 23.0 Å². The topological polar surface area (TPSA) is 77.7 Å². The minimum atomic E-state index is -0.131. The van der Waals surface area contributed by atoms with Gasteiger partial charge in [0.15, 0.2) is 5.82 Å². The van der Waals surface area contributed by atoms with Gasteiger partial charge in [0.25, 0.3) is 5.89 Å². The predicted octanol–water partition coefficient (Wildman–Crippen LogP) is 3.58. The van der Waals surface area contributed by atoms with Crippen LogP contribution < -0.4 is 14.4 Å². The number of amides is 1. The van der Waals surface area contributed by atoms with E-state index in [1.807, 2.05) is 49.4 Å². The van der Waals surface area contributed by atoms with Gasteiger partial charge in [0, 0.05) is 24.4 Å². The molecule has 144 valence electrons. The fraction of sp³-hybridized carbons (Fsp3) is 0.286. The summed E-state index contributed by atoms with van der Waals surface area (Å²) in [4.78, 5) is 18.9. The normalized spacial score (nSPS) is 16.5. The van der Waals surface area contributed by atoms with E-state index in [9.17, 15) is 4.79 Å². The van der Waals surface area contributed by atoms with Crippen LogP contribution in [0.5, 0.6) is 11.5 Å². The van der Waals surface area contributed by atoms with Gasteiger partial charge in [-0.2, -0.15) is 4.98 Å². The molecule has 1 saturated heterocycles. The number of benzene rings is 2. The highest BCUT2D eigenvalue weighted by molar-refractivity contribution is 5.97. The number of anilines is 1. The summed E-state index contributed by atoms with van der Waals surface area (Å²) in [6.45, 7) is 2.47. The molecule has 1 unspecified atom stereocenters. The van der Waals surface area contributed by atoms with Crippen LogP contribution in [-0.2, 0) is 4.79 Å². The average molecular weight is 379 g/mol. The highest BCUT2D eigenvalue weighted by Gasteiger charge is 2.35. The Morgan fingerprint density at radius 2 is 1.89 bits per heavy atom. The van der Waals surface area contributed by atoms with Crippen LogP contribution in [0.3, 0.4) is 0 Å². The molecule has 4 rings (SSSR count). The number of nitrogens with zero attached hydrogens (tertiary/aromatic N) is 3. The Kier molecular flexibility index (Phi) is 4.73. The van der Waals surface area contributed by atoms with Crippen LogP contribution in [0, 0.1) is 6.92 Å². The van der Waals surface area contributed by atoms with Gasteiger partial charge >= 0.3 is 0 Å². The number of aromatic nitrogens is 2. The third kappa shape index (κ3) is 3.31. The molecular weight excluding hydrogens is 358 g/mol. The Hall–Kier alpha value is -3.35. The van der Waals surface area contributed by atoms with E-state index in [4.69, 9.17) is 14.0 Å². The molecule has 7 nitrogen and oxygen atoms in total. The molecule has 1 aliphatic rings. The highest BCUT2D eigenvalue weighted by atomic mass is 16.5. The lowest BCUT2D eigenvalue weighted by Gasteiger charge is -2.19. The fourth-order valence-corrected chi connectivity index (χ4v) is 3.38. The smallest absolute Gasteiger partial charge is 0.257 e. The highest BCUT2D eigenvalue weighted by Crippen LogP contribution is 2.36. The van der Waals surface area contributed by atoms with E-state index in [0.717, 1.165) is 22.6 Å². The molecule has 1 aromatic heterocycles. The van der Waals surface area contributed by atoms with Crippen molar-refractivity contribution in [2.24, 2.45) is 0 Å². The third-order valence-corrected chi connectivity index (χ3v) is 4.89. The number of hydrogen-bond acceptors (Lipinski definition) is 6. The first-order valence-electron chi connectivity index (χ1n) is 9.02. The lowest BCUT2D eigenvalue weighted by molar-refractivity contribution is -0.117. The summed E-state index contributed by atoms with van der Waals surface area (Å²) in [6, 6.07) is 13.2. The number of methoxy groups -OCH3 is 2. The lowest BCUT2D eigenvalue weighted by Crippen LogP contribution is -2.25. The van der Waals surface area contributed by atoms with Crippen LogP contribution in [0.4, 0.5) is 5.69 Å². The Morgan fingerprint density at radius 1 is 1.11 bits per heavy atom. The molecule has 1 fully saturated rings. The molecule has 0 N–H and O–H groups in total. The summed E-state index contributed by atoms with van der Waals surface area (Å²) in [6.07, 6.45) is 0.332. The van der Waals surface area contributed by atoms with Gasteiger partial charge < -0.3 is 18.9 Å². The number of aryl methyl sites for hydroxylation is 1. The van der Waals surface area contributed by atoms with E-state index in [1.54, 1.807) is 19.1 Å². The van der Waals surface area contributed by atoms with Gasteiger partial charge in [0.05, 0.1) is 19.9 Å². The minimum Gasteiger partial charge on any atom is -0.497 e. The molecule has 2 heterocycles. The summed E-state index contributed by atoms with van der Waals surface area (Å²) in [7, 11) is 3.22. The summed E-state index contributed by atoms with van der Waals surface area (Å²) in [5.74, 6) is 2.28. The molecule has 1 atom stereocenters. The molecule has 28 heavy (non-hydrogen) atoms. The zero-order valence-electron chi connectivity index (χ0n) is 16.0. The van der Waals surface area contributed by atoms with Gasteiger partial charge in [-0.3, -0.25) is 4.79 Å². The van der Waals surface area contributed by atoms with E-state index in [2.05, 4.69) is 10.1 Å². The van der Waals surface area contributed by atoms with E-state index in [-0.39, 0.29) is 11.8 Å². The van der Waals surface area contributed by atoms with Crippen LogP contribution >= 0.6 is 0 Å². The van der Waals surface area contributed by atoms with Crippen molar-refractivity contribution in [1.82, 2.24) is 10.1 Å². The van der Waals surface area contributed by atoms with Gasteiger partial charge in [-0.1, -0.05) is 11.2 Å². The molecule has 1 aliphatic heterocycles. The largest absolute Gasteiger partial charge is 0.497 e. The summed E-state index contributed by atoms with van der Waals surface area (Å²) in [5, 5.41) is 4.11. The molecule has 0 bridgehead atoms. The first-order chi connectivity index (χ1) is 13.6. The minimum absolute atomic E-state index is 0.0182. The maximum absolute atomic E-state index is 12.7. The first-order valence-corrected chi connectivity index (χ1v) is 9.02. The zero-order chi connectivity index (χ0) is 19.7. The van der Waals surface area contributed by atoms with Gasteiger partial charge in [-0.25, -0.2) is 0 Å². The van der Waals surface area contributed by atoms with Gasteiger partial charge in [0.2, 0.25) is 5.91 Å². The van der Waals surface area contributed by atoms with Crippen molar-refractivity contribution in [3.63, 3.8) is 0 Å². The van der Waals surface area contributed by atoms with Crippen molar-refractivity contribution >= 4 is 11.6 Å². The molecule has 0 radical (unpaired) electrons. The summed E-state index contributed by atoms with van der Waals surface area (Å²) in [5.41, 5.74) is 2.64. The molecule has 7 heteroatoms. The number of carbonyl (C=O) groups is 1. The van der Waals surface area contributed by atoms with E-state index >= 15 is 0 Å². The van der Waals surface area contributed by atoms with Crippen LogP contribution in [0.15, 0.2) is 47.0 Å². The van der Waals surface area contributed by atoms with Gasteiger partial charge in [0.1, 0.15) is 11.5 Å². The maximum atomic E-state index is 12.7. The van der Waals surface area contributed by atoms with Crippen LogP contribution in [-0.4, -0.2) is 36.8 Å². The summed E-state index contributed by atoms with van der Waals surface area (Å²) >= 11 is 0. The number of hydrogen-bond donors (Lipinski definition) is 0. The zero-order valence-corrected chi connectivity index (χ0v) is 16.0. The van der Waals surface area contributed by atoms with E-state index in [0.29, 0.717) is 30.4 Å². The second kappa shape index (κ2) is 7.34. The van der Waals surface area contributed by atoms with Crippen LogP contribution in [0.2, 0.25) is 0 Å². The van der Waals surface area contributed by atoms with Crippen molar-refractivity contribution in [2.45, 2.75) is 19.3 Å². The summed E-state index contributed by atoms with van der Waals surface area (Å²) < 4.78 is 16.0. The predicted molar refractivity (Wildman–Crippen MR) is 104 cm³/mol.